The van der Waals surface area contributed by atoms with Crippen molar-refractivity contribution < 1.29 is 9.53 Å². The van der Waals surface area contributed by atoms with Crippen molar-refractivity contribution in [1.82, 2.24) is 14.3 Å². The number of ether oxygens (including phenoxy) is 1. The van der Waals surface area contributed by atoms with Crippen LogP contribution in [0.3, 0.4) is 0 Å². The largest absolute Gasteiger partial charge is 0.377 e. The van der Waals surface area contributed by atoms with Crippen LogP contribution in [-0.4, -0.2) is 33.4 Å². The summed E-state index contributed by atoms with van der Waals surface area (Å²) < 4.78 is 7.61. The third-order valence-electron chi connectivity index (χ3n) is 4.17. The Kier molecular flexibility index (Phi) is 4.04. The van der Waals surface area contributed by atoms with E-state index in [0.29, 0.717) is 5.82 Å². The van der Waals surface area contributed by atoms with E-state index in [9.17, 15) is 9.59 Å². The summed E-state index contributed by atoms with van der Waals surface area (Å²) in [7, 11) is 3.16. The summed E-state index contributed by atoms with van der Waals surface area (Å²) in [6.45, 7) is 2.17. The Morgan fingerprint density at radius 2 is 2.13 bits per heavy atom. The van der Waals surface area contributed by atoms with Gasteiger partial charge in [-0.05, 0) is 25.0 Å². The second-order valence-corrected chi connectivity index (χ2v) is 5.79. The molecule has 3 rings (SSSR count). The molecule has 2 aromatic rings. The van der Waals surface area contributed by atoms with Gasteiger partial charge in [0.25, 0.3) is 0 Å². The number of aromatic nitrogens is 3. The van der Waals surface area contributed by atoms with Gasteiger partial charge in [-0.15, -0.1) is 0 Å². The second kappa shape index (κ2) is 6.00. The van der Waals surface area contributed by atoms with Gasteiger partial charge in [0.2, 0.25) is 5.91 Å². The molecule has 2 heterocycles. The van der Waals surface area contributed by atoms with Crippen molar-refractivity contribution in [3.05, 3.63) is 46.1 Å². The molecule has 1 unspecified atom stereocenters. The number of carbonyl (C=O) groups is 1. The number of carbonyl (C=O) groups excluding carboxylic acids is 1. The predicted molar refractivity (Wildman–Crippen MR) is 85.3 cm³/mol. The fourth-order valence-corrected chi connectivity index (χ4v) is 3.04. The first-order valence-electron chi connectivity index (χ1n) is 7.54. The summed E-state index contributed by atoms with van der Waals surface area (Å²) in [4.78, 5) is 26.6. The van der Waals surface area contributed by atoms with Crippen molar-refractivity contribution in [2.24, 2.45) is 7.05 Å². The van der Waals surface area contributed by atoms with Crippen LogP contribution in [0.4, 0.5) is 5.69 Å². The summed E-state index contributed by atoms with van der Waals surface area (Å²) in [6.07, 6.45) is 0.827. The van der Waals surface area contributed by atoms with Crippen LogP contribution in [-0.2, 0) is 36.2 Å². The molecule has 1 atom stereocenters. The maximum atomic E-state index is 12.7. The third kappa shape index (κ3) is 2.68. The van der Waals surface area contributed by atoms with Crippen LogP contribution in [0.5, 0.6) is 0 Å². The molecule has 7 nitrogen and oxygen atoms in total. The fraction of sp³-hybridized carbons (Fsp3) is 0.438. The van der Waals surface area contributed by atoms with E-state index in [1.807, 2.05) is 31.2 Å². The maximum Gasteiger partial charge on any atom is 0.346 e. The van der Waals surface area contributed by atoms with Crippen molar-refractivity contribution in [3.8, 4) is 0 Å². The smallest absolute Gasteiger partial charge is 0.346 e. The van der Waals surface area contributed by atoms with Crippen molar-refractivity contribution >= 4 is 11.6 Å². The van der Waals surface area contributed by atoms with Crippen LogP contribution in [0.25, 0.3) is 0 Å². The fourth-order valence-electron chi connectivity index (χ4n) is 3.04. The van der Waals surface area contributed by atoms with Crippen LogP contribution in [0, 0.1) is 0 Å². The Bertz CT molecular complexity index is 793. The average molecular weight is 316 g/mol. The van der Waals surface area contributed by atoms with Gasteiger partial charge in [-0.1, -0.05) is 18.2 Å². The van der Waals surface area contributed by atoms with E-state index in [2.05, 4.69) is 5.10 Å². The molecule has 0 fully saturated rings. The van der Waals surface area contributed by atoms with Crippen molar-refractivity contribution in [1.29, 1.82) is 0 Å². The zero-order valence-corrected chi connectivity index (χ0v) is 13.5. The number of methoxy groups -OCH3 is 1. The summed E-state index contributed by atoms with van der Waals surface area (Å²) in [5.74, 6) is 0.367. The van der Waals surface area contributed by atoms with Gasteiger partial charge >= 0.3 is 5.69 Å². The lowest BCUT2D eigenvalue weighted by atomic mass is 10.1. The van der Waals surface area contributed by atoms with E-state index in [1.165, 1.54) is 16.4 Å². The number of hydrogen-bond acceptors (Lipinski definition) is 4. The highest BCUT2D eigenvalue weighted by atomic mass is 16.5. The van der Waals surface area contributed by atoms with Crippen molar-refractivity contribution in [2.75, 3.05) is 12.0 Å². The molecule has 1 amide bonds. The van der Waals surface area contributed by atoms with E-state index < -0.39 is 0 Å². The van der Waals surface area contributed by atoms with Crippen LogP contribution in [0.2, 0.25) is 0 Å². The molecule has 0 N–H and O–H groups in total. The topological polar surface area (TPSA) is 69.4 Å². The Balaban J connectivity index is 1.86. The Morgan fingerprint density at radius 3 is 2.87 bits per heavy atom. The van der Waals surface area contributed by atoms with Crippen LogP contribution in [0.1, 0.15) is 18.3 Å². The molecule has 0 spiro atoms. The molecule has 1 aliphatic rings. The maximum absolute atomic E-state index is 12.7. The van der Waals surface area contributed by atoms with Gasteiger partial charge in [-0.25, -0.2) is 9.48 Å². The summed E-state index contributed by atoms with van der Waals surface area (Å²) in [5.41, 5.74) is 1.76. The van der Waals surface area contributed by atoms with Crippen LogP contribution < -0.4 is 10.6 Å². The van der Waals surface area contributed by atoms with Crippen molar-refractivity contribution in [3.63, 3.8) is 0 Å². The second-order valence-electron chi connectivity index (χ2n) is 5.79. The van der Waals surface area contributed by atoms with Crippen LogP contribution in [0.15, 0.2) is 29.1 Å². The minimum Gasteiger partial charge on any atom is -0.377 e. The molecule has 0 aliphatic carbocycles. The summed E-state index contributed by atoms with van der Waals surface area (Å²) in [5, 5.41) is 4.19. The number of hydrogen-bond donors (Lipinski definition) is 0. The van der Waals surface area contributed by atoms with Gasteiger partial charge in [0.05, 0.1) is 0 Å². The molecule has 1 aromatic heterocycles. The van der Waals surface area contributed by atoms with Gasteiger partial charge in [0.1, 0.15) is 13.2 Å². The first-order chi connectivity index (χ1) is 11.0. The first kappa shape index (κ1) is 15.5. The molecule has 1 aromatic carbocycles. The predicted octanol–water partition coefficient (Wildman–Crippen LogP) is 0.706. The van der Waals surface area contributed by atoms with E-state index in [-0.39, 0.29) is 30.8 Å². The number of benzene rings is 1. The number of anilines is 1. The van der Waals surface area contributed by atoms with Crippen LogP contribution >= 0.6 is 0 Å². The summed E-state index contributed by atoms with van der Waals surface area (Å²) in [6, 6.07) is 7.94. The van der Waals surface area contributed by atoms with E-state index in [0.717, 1.165) is 17.7 Å². The molecule has 7 heteroatoms. The number of nitrogens with zero attached hydrogens (tertiary/aromatic N) is 4. The number of rotatable bonds is 4. The number of fused-ring (bicyclic) bond motifs is 1. The quantitative estimate of drug-likeness (QED) is 0.833. The Morgan fingerprint density at radius 1 is 1.39 bits per heavy atom. The average Bonchev–Trinajstić information content (AvgIpc) is 2.99. The Hall–Kier alpha value is -2.41. The normalized spacial score (nSPS) is 16.7. The van der Waals surface area contributed by atoms with Gasteiger partial charge in [0, 0.05) is 25.9 Å². The molecular weight excluding hydrogens is 296 g/mol. The first-order valence-corrected chi connectivity index (χ1v) is 7.54. The third-order valence-corrected chi connectivity index (χ3v) is 4.17. The standard InChI is InChI=1S/C16H20N4O3/c1-11-8-12-6-4-5-7-13(12)20(11)15(21)9-19-16(22)18(2)14(17-19)10-23-3/h4-7,11H,8-10H2,1-3H3. The van der Waals surface area contributed by atoms with Gasteiger partial charge < -0.3 is 9.64 Å². The lowest BCUT2D eigenvalue weighted by molar-refractivity contribution is -0.119. The highest BCUT2D eigenvalue weighted by molar-refractivity contribution is 5.95. The molecule has 0 saturated carbocycles. The lowest BCUT2D eigenvalue weighted by Gasteiger charge is -2.22. The van der Waals surface area contributed by atoms with E-state index >= 15 is 0 Å². The minimum atomic E-state index is -0.314. The highest BCUT2D eigenvalue weighted by Crippen LogP contribution is 2.31. The highest BCUT2D eigenvalue weighted by Gasteiger charge is 2.31. The van der Waals surface area contributed by atoms with E-state index in [4.69, 9.17) is 4.74 Å². The molecular formula is C16H20N4O3. The van der Waals surface area contributed by atoms with Gasteiger partial charge in [0.15, 0.2) is 5.82 Å². The number of para-hydroxylation sites is 1. The Labute approximate surface area is 134 Å². The minimum absolute atomic E-state index is 0.0743. The monoisotopic (exact) mass is 316 g/mol. The summed E-state index contributed by atoms with van der Waals surface area (Å²) >= 11 is 0. The molecule has 23 heavy (non-hydrogen) atoms. The zero-order chi connectivity index (χ0) is 16.6. The van der Waals surface area contributed by atoms with Gasteiger partial charge in [-0.2, -0.15) is 5.10 Å². The zero-order valence-electron chi connectivity index (χ0n) is 13.5. The van der Waals surface area contributed by atoms with Gasteiger partial charge in [-0.3, -0.25) is 9.36 Å². The molecule has 0 radical (unpaired) electrons. The SMILES string of the molecule is COCc1nn(CC(=O)N2c3ccccc3CC2C)c(=O)n1C. The molecule has 0 bridgehead atoms. The molecule has 122 valence electrons. The molecule has 0 saturated heterocycles. The van der Waals surface area contributed by atoms with E-state index in [1.54, 1.807) is 11.9 Å². The molecule has 1 aliphatic heterocycles. The van der Waals surface area contributed by atoms with Crippen molar-refractivity contribution in [2.45, 2.75) is 32.5 Å². The lowest BCUT2D eigenvalue weighted by Crippen LogP contribution is -2.40. The number of amides is 1.